The molecule has 0 aliphatic heterocycles. The SMILES string of the molecule is COc1cc2c(cc1OC)C(C)c1c-2n[nH]c1Nc1cccc(SC)c1. The molecule has 1 unspecified atom stereocenters. The highest BCUT2D eigenvalue weighted by Crippen LogP contribution is 2.50. The van der Waals surface area contributed by atoms with Gasteiger partial charge in [0.15, 0.2) is 11.5 Å². The fourth-order valence-electron chi connectivity index (χ4n) is 3.53. The Bertz CT molecular complexity index is 968. The van der Waals surface area contributed by atoms with Crippen LogP contribution in [0.25, 0.3) is 11.3 Å². The summed E-state index contributed by atoms with van der Waals surface area (Å²) in [5.74, 6) is 2.61. The van der Waals surface area contributed by atoms with Gasteiger partial charge in [0.2, 0.25) is 0 Å². The first-order valence-corrected chi connectivity index (χ1v) is 9.64. The molecule has 1 atom stereocenters. The molecular weight excluding hydrogens is 346 g/mol. The smallest absolute Gasteiger partial charge is 0.161 e. The Morgan fingerprint density at radius 3 is 2.62 bits per heavy atom. The topological polar surface area (TPSA) is 59.2 Å². The van der Waals surface area contributed by atoms with Crippen molar-refractivity contribution in [3.63, 3.8) is 0 Å². The van der Waals surface area contributed by atoms with Crippen molar-refractivity contribution in [3.05, 3.63) is 47.5 Å². The molecule has 0 spiro atoms. The van der Waals surface area contributed by atoms with Gasteiger partial charge in [-0.15, -0.1) is 11.8 Å². The van der Waals surface area contributed by atoms with Gasteiger partial charge in [-0.05, 0) is 42.2 Å². The van der Waals surface area contributed by atoms with E-state index in [0.29, 0.717) is 0 Å². The number of benzene rings is 2. The molecule has 0 saturated heterocycles. The van der Waals surface area contributed by atoms with E-state index in [1.807, 2.05) is 6.07 Å². The van der Waals surface area contributed by atoms with Crippen LogP contribution in [0.4, 0.5) is 11.5 Å². The van der Waals surface area contributed by atoms with Crippen molar-refractivity contribution in [2.24, 2.45) is 0 Å². The molecule has 3 aromatic rings. The van der Waals surface area contributed by atoms with Crippen molar-refractivity contribution < 1.29 is 9.47 Å². The van der Waals surface area contributed by atoms with Crippen LogP contribution in [-0.4, -0.2) is 30.7 Å². The minimum absolute atomic E-state index is 0.213. The van der Waals surface area contributed by atoms with E-state index in [-0.39, 0.29) is 5.92 Å². The molecule has 2 aromatic carbocycles. The highest BCUT2D eigenvalue weighted by atomic mass is 32.2. The van der Waals surface area contributed by atoms with Gasteiger partial charge in [0.05, 0.1) is 19.9 Å². The number of anilines is 2. The van der Waals surface area contributed by atoms with Crippen molar-refractivity contribution in [1.29, 1.82) is 0 Å². The molecule has 134 valence electrons. The first-order valence-electron chi connectivity index (χ1n) is 8.42. The number of aromatic amines is 1. The minimum Gasteiger partial charge on any atom is -0.493 e. The number of methoxy groups -OCH3 is 2. The van der Waals surface area contributed by atoms with Crippen LogP contribution in [0.2, 0.25) is 0 Å². The van der Waals surface area contributed by atoms with Crippen LogP contribution in [0.5, 0.6) is 11.5 Å². The van der Waals surface area contributed by atoms with Gasteiger partial charge in [-0.3, -0.25) is 5.10 Å². The zero-order valence-corrected chi connectivity index (χ0v) is 16.0. The summed E-state index contributed by atoms with van der Waals surface area (Å²) in [4.78, 5) is 1.22. The number of thioether (sulfide) groups is 1. The van der Waals surface area contributed by atoms with Gasteiger partial charge in [0, 0.05) is 27.6 Å². The maximum absolute atomic E-state index is 5.47. The Kier molecular flexibility index (Phi) is 4.28. The molecule has 1 aromatic heterocycles. The van der Waals surface area contributed by atoms with Gasteiger partial charge in [-0.25, -0.2) is 0 Å². The quantitative estimate of drug-likeness (QED) is 0.620. The molecule has 4 rings (SSSR count). The zero-order valence-electron chi connectivity index (χ0n) is 15.2. The van der Waals surface area contributed by atoms with Crippen LogP contribution < -0.4 is 14.8 Å². The van der Waals surface area contributed by atoms with Crippen LogP contribution in [0.3, 0.4) is 0 Å². The molecule has 2 N–H and O–H groups in total. The molecule has 6 heteroatoms. The molecule has 0 saturated carbocycles. The zero-order chi connectivity index (χ0) is 18.3. The summed E-state index contributed by atoms with van der Waals surface area (Å²) >= 11 is 1.73. The van der Waals surface area contributed by atoms with Gasteiger partial charge < -0.3 is 14.8 Å². The second-order valence-electron chi connectivity index (χ2n) is 6.23. The van der Waals surface area contributed by atoms with E-state index in [1.165, 1.54) is 16.0 Å². The monoisotopic (exact) mass is 367 g/mol. The van der Waals surface area contributed by atoms with Gasteiger partial charge in [-0.2, -0.15) is 5.10 Å². The van der Waals surface area contributed by atoms with E-state index < -0.39 is 0 Å². The number of rotatable bonds is 5. The third-order valence-corrected chi connectivity index (χ3v) is 5.58. The lowest BCUT2D eigenvalue weighted by Gasteiger charge is -2.13. The number of hydrogen-bond acceptors (Lipinski definition) is 5. The van der Waals surface area contributed by atoms with Gasteiger partial charge in [0.25, 0.3) is 0 Å². The van der Waals surface area contributed by atoms with E-state index in [4.69, 9.17) is 9.47 Å². The lowest BCUT2D eigenvalue weighted by Crippen LogP contribution is -1.99. The van der Waals surface area contributed by atoms with Crippen LogP contribution in [0.15, 0.2) is 41.3 Å². The van der Waals surface area contributed by atoms with Crippen LogP contribution >= 0.6 is 11.8 Å². The molecule has 5 nitrogen and oxygen atoms in total. The Morgan fingerprint density at radius 2 is 1.88 bits per heavy atom. The minimum atomic E-state index is 0.213. The van der Waals surface area contributed by atoms with Crippen LogP contribution in [-0.2, 0) is 0 Å². The molecule has 0 bridgehead atoms. The number of hydrogen-bond donors (Lipinski definition) is 2. The van der Waals surface area contributed by atoms with Crippen LogP contribution in [0.1, 0.15) is 24.0 Å². The Hall–Kier alpha value is -2.60. The summed E-state index contributed by atoms with van der Waals surface area (Å²) in [5, 5.41) is 11.2. The van der Waals surface area contributed by atoms with Gasteiger partial charge in [-0.1, -0.05) is 13.0 Å². The first-order chi connectivity index (χ1) is 12.7. The van der Waals surface area contributed by atoms with Crippen molar-refractivity contribution in [2.75, 3.05) is 25.8 Å². The van der Waals surface area contributed by atoms with E-state index in [9.17, 15) is 0 Å². The van der Waals surface area contributed by atoms with Crippen molar-refractivity contribution >= 4 is 23.3 Å². The summed E-state index contributed by atoms with van der Waals surface area (Å²) < 4.78 is 10.9. The molecule has 0 amide bonds. The fourth-order valence-corrected chi connectivity index (χ4v) is 3.99. The maximum atomic E-state index is 5.47. The maximum Gasteiger partial charge on any atom is 0.161 e. The number of nitrogens with zero attached hydrogens (tertiary/aromatic N) is 1. The lowest BCUT2D eigenvalue weighted by molar-refractivity contribution is 0.354. The van der Waals surface area contributed by atoms with Gasteiger partial charge >= 0.3 is 0 Å². The standard InChI is InChI=1S/C20H21N3O2S/c1-11-14-9-16(24-2)17(25-3)10-15(14)19-18(11)20(23-22-19)21-12-6-5-7-13(8-12)26-4/h5-11H,1-4H3,(H2,21,22,23). The average Bonchev–Trinajstić information content (AvgIpc) is 3.20. The highest BCUT2D eigenvalue weighted by molar-refractivity contribution is 7.98. The largest absolute Gasteiger partial charge is 0.493 e. The molecule has 1 aliphatic rings. The predicted octanol–water partition coefficient (Wildman–Crippen LogP) is 5.02. The second-order valence-corrected chi connectivity index (χ2v) is 7.11. The summed E-state index contributed by atoms with van der Waals surface area (Å²) in [5.41, 5.74) is 5.48. The van der Waals surface area contributed by atoms with Crippen LogP contribution in [0, 0.1) is 0 Å². The predicted molar refractivity (Wildman–Crippen MR) is 106 cm³/mol. The summed E-state index contributed by atoms with van der Waals surface area (Å²) in [6.07, 6.45) is 2.08. The summed E-state index contributed by atoms with van der Waals surface area (Å²) in [6.45, 7) is 2.19. The van der Waals surface area contributed by atoms with Crippen molar-refractivity contribution in [3.8, 4) is 22.8 Å². The van der Waals surface area contributed by atoms with E-state index in [2.05, 4.69) is 59.0 Å². The number of H-pyrrole nitrogens is 1. The first kappa shape index (κ1) is 16.8. The molecule has 26 heavy (non-hydrogen) atoms. The van der Waals surface area contributed by atoms with E-state index in [1.54, 1.807) is 26.0 Å². The number of aromatic nitrogens is 2. The molecular formula is C20H21N3O2S. The summed E-state index contributed by atoms with van der Waals surface area (Å²) in [7, 11) is 3.31. The van der Waals surface area contributed by atoms with Gasteiger partial charge in [0.1, 0.15) is 5.82 Å². The normalized spacial score (nSPS) is 14.7. The molecule has 0 radical (unpaired) electrons. The van der Waals surface area contributed by atoms with E-state index >= 15 is 0 Å². The lowest BCUT2D eigenvalue weighted by atomic mass is 9.99. The Labute approximate surface area is 157 Å². The van der Waals surface area contributed by atoms with E-state index in [0.717, 1.165) is 34.3 Å². The highest BCUT2D eigenvalue weighted by Gasteiger charge is 2.32. The Morgan fingerprint density at radius 1 is 1.12 bits per heavy atom. The number of fused-ring (bicyclic) bond motifs is 3. The third-order valence-electron chi connectivity index (χ3n) is 4.85. The molecule has 1 heterocycles. The Balaban J connectivity index is 1.74. The molecule has 0 fully saturated rings. The second kappa shape index (κ2) is 6.61. The number of nitrogens with one attached hydrogen (secondary N) is 2. The van der Waals surface area contributed by atoms with Crippen molar-refractivity contribution in [1.82, 2.24) is 10.2 Å². The number of ether oxygens (including phenoxy) is 2. The van der Waals surface area contributed by atoms with Crippen molar-refractivity contribution in [2.45, 2.75) is 17.7 Å². The third kappa shape index (κ3) is 2.61. The average molecular weight is 367 g/mol. The molecule has 1 aliphatic carbocycles. The summed E-state index contributed by atoms with van der Waals surface area (Å²) in [6, 6.07) is 12.4. The fraction of sp³-hybridized carbons (Fsp3) is 0.250.